The second kappa shape index (κ2) is 10.7. The minimum atomic E-state index is -0.777. The number of urea groups is 1. The minimum absolute atomic E-state index is 0.0827. The Kier molecular flexibility index (Phi) is 7.43. The third-order valence-corrected chi connectivity index (χ3v) is 5.90. The Morgan fingerprint density at radius 3 is 2.14 bits per heavy atom. The first kappa shape index (κ1) is 25.7. The van der Waals surface area contributed by atoms with Crippen LogP contribution in [0.4, 0.5) is 10.5 Å². The lowest BCUT2D eigenvalue weighted by Gasteiger charge is -2.26. The molecule has 0 saturated carbocycles. The quantitative estimate of drug-likeness (QED) is 0.267. The number of nitrogens with zero attached hydrogens (tertiary/aromatic N) is 1. The van der Waals surface area contributed by atoms with Crippen LogP contribution in [0.2, 0.25) is 0 Å². The molecule has 7 heteroatoms. The van der Waals surface area contributed by atoms with E-state index in [1.807, 2.05) is 19.1 Å². The van der Waals surface area contributed by atoms with Crippen molar-refractivity contribution in [3.05, 3.63) is 95.1 Å². The van der Waals surface area contributed by atoms with Crippen LogP contribution in [-0.2, 0) is 15.0 Å². The number of aryl methyl sites for hydroxylation is 1. The standard InChI is InChI=1S/C30H30N2O5/c1-20-8-12-23(13-9-20)32-28(34)26(27(33)31-29(32)35)19-21-6-5-7-25(18-21)37-17-16-36-24-14-10-22(11-15-24)30(2,3)4/h5-15,18-19H,16-17H2,1-4H3,(H,31,33,35). The molecule has 1 heterocycles. The smallest absolute Gasteiger partial charge is 0.335 e. The number of barbiturate groups is 1. The second-order valence-electron chi connectivity index (χ2n) is 9.84. The number of carbonyl (C=O) groups is 3. The number of amides is 4. The number of carbonyl (C=O) groups excluding carboxylic acids is 3. The normalized spacial score (nSPS) is 15.1. The van der Waals surface area contributed by atoms with Gasteiger partial charge in [-0.2, -0.15) is 0 Å². The molecule has 37 heavy (non-hydrogen) atoms. The maximum absolute atomic E-state index is 13.1. The van der Waals surface area contributed by atoms with Gasteiger partial charge in [0.05, 0.1) is 5.69 Å². The van der Waals surface area contributed by atoms with Crippen molar-refractivity contribution in [3.63, 3.8) is 0 Å². The van der Waals surface area contributed by atoms with Gasteiger partial charge in [-0.15, -0.1) is 0 Å². The molecule has 1 fully saturated rings. The van der Waals surface area contributed by atoms with Gasteiger partial charge in [0.25, 0.3) is 11.8 Å². The van der Waals surface area contributed by atoms with E-state index in [1.165, 1.54) is 11.6 Å². The zero-order valence-electron chi connectivity index (χ0n) is 21.4. The molecule has 0 spiro atoms. The van der Waals surface area contributed by atoms with Crippen LogP contribution in [0.3, 0.4) is 0 Å². The summed E-state index contributed by atoms with van der Waals surface area (Å²) >= 11 is 0. The van der Waals surface area contributed by atoms with E-state index < -0.39 is 17.8 Å². The van der Waals surface area contributed by atoms with E-state index in [2.05, 4.69) is 38.2 Å². The number of nitrogens with one attached hydrogen (secondary N) is 1. The van der Waals surface area contributed by atoms with Gasteiger partial charge in [-0.25, -0.2) is 9.69 Å². The highest BCUT2D eigenvalue weighted by Gasteiger charge is 2.36. The van der Waals surface area contributed by atoms with Crippen molar-refractivity contribution in [1.82, 2.24) is 5.32 Å². The van der Waals surface area contributed by atoms with Crippen LogP contribution in [0.15, 0.2) is 78.4 Å². The molecule has 0 aliphatic carbocycles. The van der Waals surface area contributed by atoms with Gasteiger partial charge in [-0.3, -0.25) is 14.9 Å². The molecule has 1 N–H and O–H groups in total. The molecule has 0 unspecified atom stereocenters. The molecule has 1 saturated heterocycles. The minimum Gasteiger partial charge on any atom is -0.490 e. The van der Waals surface area contributed by atoms with E-state index in [0.29, 0.717) is 30.2 Å². The van der Waals surface area contributed by atoms with Crippen LogP contribution in [0.5, 0.6) is 11.5 Å². The van der Waals surface area contributed by atoms with Crippen LogP contribution in [-0.4, -0.2) is 31.1 Å². The molecule has 1 aliphatic heterocycles. The molecular weight excluding hydrogens is 468 g/mol. The lowest BCUT2D eigenvalue weighted by molar-refractivity contribution is -0.122. The van der Waals surface area contributed by atoms with Crippen LogP contribution in [0, 0.1) is 6.92 Å². The van der Waals surface area contributed by atoms with Gasteiger partial charge in [0, 0.05) is 0 Å². The molecule has 1 aliphatic rings. The van der Waals surface area contributed by atoms with E-state index in [4.69, 9.17) is 9.47 Å². The Morgan fingerprint density at radius 1 is 0.838 bits per heavy atom. The first-order valence-corrected chi connectivity index (χ1v) is 12.1. The molecule has 190 valence electrons. The van der Waals surface area contributed by atoms with E-state index in [-0.39, 0.29) is 11.0 Å². The summed E-state index contributed by atoms with van der Waals surface area (Å²) in [5.41, 5.74) is 3.14. The van der Waals surface area contributed by atoms with Crippen molar-refractivity contribution in [1.29, 1.82) is 0 Å². The van der Waals surface area contributed by atoms with Crippen molar-refractivity contribution >= 4 is 29.6 Å². The zero-order chi connectivity index (χ0) is 26.6. The Balaban J connectivity index is 1.40. The molecule has 4 amide bonds. The van der Waals surface area contributed by atoms with Gasteiger partial charge in [-0.1, -0.05) is 62.7 Å². The largest absolute Gasteiger partial charge is 0.490 e. The number of hydrogen-bond acceptors (Lipinski definition) is 5. The SMILES string of the molecule is Cc1ccc(N2C(=O)NC(=O)C(=Cc3cccc(OCCOc4ccc(C(C)(C)C)cc4)c3)C2=O)cc1. The average molecular weight is 499 g/mol. The number of ether oxygens (including phenoxy) is 2. The summed E-state index contributed by atoms with van der Waals surface area (Å²) in [5, 5.41) is 2.24. The van der Waals surface area contributed by atoms with Gasteiger partial charge in [0.2, 0.25) is 0 Å². The van der Waals surface area contributed by atoms with Crippen molar-refractivity contribution in [3.8, 4) is 11.5 Å². The van der Waals surface area contributed by atoms with E-state index in [0.717, 1.165) is 16.2 Å². The monoisotopic (exact) mass is 498 g/mol. The molecule has 0 atom stereocenters. The first-order chi connectivity index (χ1) is 17.6. The fourth-order valence-electron chi connectivity index (χ4n) is 3.82. The molecule has 0 bridgehead atoms. The van der Waals surface area contributed by atoms with Crippen molar-refractivity contribution in [2.75, 3.05) is 18.1 Å². The Labute approximate surface area is 216 Å². The van der Waals surface area contributed by atoms with Crippen LogP contribution in [0.1, 0.15) is 37.5 Å². The molecular formula is C30H30N2O5. The van der Waals surface area contributed by atoms with Gasteiger partial charge >= 0.3 is 6.03 Å². The summed E-state index contributed by atoms with van der Waals surface area (Å²) in [6.07, 6.45) is 1.45. The molecule has 4 rings (SSSR count). The number of imide groups is 2. The lowest BCUT2D eigenvalue weighted by Crippen LogP contribution is -2.54. The third-order valence-electron chi connectivity index (χ3n) is 5.90. The van der Waals surface area contributed by atoms with E-state index >= 15 is 0 Å². The number of hydrogen-bond donors (Lipinski definition) is 1. The summed E-state index contributed by atoms with van der Waals surface area (Å²) < 4.78 is 11.6. The van der Waals surface area contributed by atoms with Crippen LogP contribution >= 0.6 is 0 Å². The van der Waals surface area contributed by atoms with E-state index in [9.17, 15) is 14.4 Å². The Hall–Kier alpha value is -4.39. The number of rotatable bonds is 7. The third kappa shape index (κ3) is 6.25. The maximum Gasteiger partial charge on any atom is 0.335 e. The predicted molar refractivity (Wildman–Crippen MR) is 143 cm³/mol. The first-order valence-electron chi connectivity index (χ1n) is 12.1. The summed E-state index contributed by atoms with van der Waals surface area (Å²) in [6, 6.07) is 21.2. The fourth-order valence-corrected chi connectivity index (χ4v) is 3.82. The maximum atomic E-state index is 13.1. The predicted octanol–water partition coefficient (Wildman–Crippen LogP) is 5.42. The van der Waals surface area contributed by atoms with Crippen LogP contribution < -0.4 is 19.7 Å². The van der Waals surface area contributed by atoms with Crippen molar-refractivity contribution < 1.29 is 23.9 Å². The van der Waals surface area contributed by atoms with E-state index in [1.54, 1.807) is 48.5 Å². The van der Waals surface area contributed by atoms with Gasteiger partial charge in [0.1, 0.15) is 30.3 Å². The molecule has 3 aromatic rings. The highest BCUT2D eigenvalue weighted by atomic mass is 16.5. The molecule has 0 radical (unpaired) electrons. The summed E-state index contributed by atoms with van der Waals surface area (Å²) in [7, 11) is 0. The summed E-state index contributed by atoms with van der Waals surface area (Å²) in [4.78, 5) is 38.9. The zero-order valence-corrected chi connectivity index (χ0v) is 21.4. The molecule has 7 nitrogen and oxygen atoms in total. The van der Waals surface area contributed by atoms with Gasteiger partial charge in [-0.05, 0) is 65.9 Å². The highest BCUT2D eigenvalue weighted by Crippen LogP contribution is 2.25. The van der Waals surface area contributed by atoms with Crippen LogP contribution in [0.25, 0.3) is 6.08 Å². The number of anilines is 1. The van der Waals surface area contributed by atoms with Gasteiger partial charge < -0.3 is 9.47 Å². The van der Waals surface area contributed by atoms with Crippen molar-refractivity contribution in [2.24, 2.45) is 0 Å². The highest BCUT2D eigenvalue weighted by molar-refractivity contribution is 6.39. The molecule has 0 aromatic heterocycles. The lowest BCUT2D eigenvalue weighted by atomic mass is 9.87. The fraction of sp³-hybridized carbons (Fsp3) is 0.233. The Morgan fingerprint density at radius 2 is 1.49 bits per heavy atom. The Bertz CT molecular complexity index is 1340. The number of benzene rings is 3. The average Bonchev–Trinajstić information content (AvgIpc) is 2.85. The van der Waals surface area contributed by atoms with Crippen molar-refractivity contribution in [2.45, 2.75) is 33.1 Å². The molecule has 3 aromatic carbocycles. The second-order valence-corrected chi connectivity index (χ2v) is 9.84. The van der Waals surface area contributed by atoms with Gasteiger partial charge in [0.15, 0.2) is 0 Å². The summed E-state index contributed by atoms with van der Waals surface area (Å²) in [5.74, 6) is -0.0916. The topological polar surface area (TPSA) is 84.9 Å². The summed E-state index contributed by atoms with van der Waals surface area (Å²) in [6.45, 7) is 9.07.